The number of hydrogen-bond donors (Lipinski definition) is 2. The molecule has 0 saturated carbocycles. The number of aryl methyl sites for hydroxylation is 1. The van der Waals surface area contributed by atoms with Crippen LogP contribution in [-0.4, -0.2) is 45.0 Å². The zero-order valence-electron chi connectivity index (χ0n) is 19.1. The van der Waals surface area contributed by atoms with Crippen LogP contribution in [0.4, 0.5) is 21.7 Å². The minimum absolute atomic E-state index is 0.0742. The lowest BCUT2D eigenvalue weighted by atomic mass is 10.2. The predicted molar refractivity (Wildman–Crippen MR) is 130 cm³/mol. The SMILES string of the molecule is CC[C@@H](C(=O)Nc1ccc(S(=O)(=O)Nc2nccc(C)n2)cc1)N(c1ccc(F)cc1)S(C)(=O)=O. The quantitative estimate of drug-likeness (QED) is 0.441. The van der Waals surface area contributed by atoms with Crippen molar-refractivity contribution in [3.05, 3.63) is 72.3 Å². The van der Waals surface area contributed by atoms with E-state index >= 15 is 0 Å². The van der Waals surface area contributed by atoms with Gasteiger partial charge in [0.25, 0.3) is 10.0 Å². The molecular formula is C22H24FN5O5S2. The maximum absolute atomic E-state index is 13.3. The Morgan fingerprint density at radius 3 is 2.20 bits per heavy atom. The first-order valence-electron chi connectivity index (χ1n) is 10.4. The molecule has 1 heterocycles. The second kappa shape index (κ2) is 10.4. The van der Waals surface area contributed by atoms with Crippen molar-refractivity contribution >= 4 is 43.3 Å². The van der Waals surface area contributed by atoms with E-state index in [0.29, 0.717) is 5.69 Å². The highest BCUT2D eigenvalue weighted by molar-refractivity contribution is 7.92. The van der Waals surface area contributed by atoms with E-state index in [0.717, 1.165) is 22.7 Å². The molecule has 0 saturated heterocycles. The summed E-state index contributed by atoms with van der Waals surface area (Å²) in [5, 5.41) is 2.60. The van der Waals surface area contributed by atoms with Gasteiger partial charge in [-0.05, 0) is 67.9 Å². The van der Waals surface area contributed by atoms with Crippen molar-refractivity contribution < 1.29 is 26.0 Å². The van der Waals surface area contributed by atoms with Crippen molar-refractivity contribution in [2.24, 2.45) is 0 Å². The topological polar surface area (TPSA) is 138 Å². The second-order valence-electron chi connectivity index (χ2n) is 7.60. The van der Waals surface area contributed by atoms with Crippen molar-refractivity contribution in [2.75, 3.05) is 20.6 Å². The third kappa shape index (κ3) is 6.51. The van der Waals surface area contributed by atoms with Crippen LogP contribution in [0, 0.1) is 12.7 Å². The van der Waals surface area contributed by atoms with E-state index < -0.39 is 37.8 Å². The molecule has 0 fully saturated rings. The molecule has 0 bridgehead atoms. The zero-order chi connectivity index (χ0) is 25.8. The lowest BCUT2D eigenvalue weighted by Crippen LogP contribution is -2.47. The standard InChI is InChI=1S/C22H24FN5O5S2/c1-4-20(28(34(3,30)31)18-9-5-16(23)6-10-18)21(29)26-17-7-11-19(12-8-17)35(32,33)27-22-24-14-13-15(2)25-22/h5-14,20H,4H2,1-3H3,(H,26,29)(H,24,25,27)/t20-/m0/s1. The normalized spacial score (nSPS) is 12.6. The molecule has 186 valence electrons. The molecule has 35 heavy (non-hydrogen) atoms. The Kier molecular flexibility index (Phi) is 7.70. The van der Waals surface area contributed by atoms with Gasteiger partial charge >= 0.3 is 0 Å². The lowest BCUT2D eigenvalue weighted by molar-refractivity contribution is -0.117. The molecule has 13 heteroatoms. The van der Waals surface area contributed by atoms with E-state index in [-0.39, 0.29) is 28.6 Å². The maximum atomic E-state index is 13.3. The largest absolute Gasteiger partial charge is 0.324 e. The van der Waals surface area contributed by atoms with Gasteiger partial charge in [0.1, 0.15) is 11.9 Å². The lowest BCUT2D eigenvalue weighted by Gasteiger charge is -2.30. The number of carbonyl (C=O) groups excluding carboxylic acids is 1. The molecule has 0 unspecified atom stereocenters. The van der Waals surface area contributed by atoms with Crippen LogP contribution in [0.15, 0.2) is 65.7 Å². The summed E-state index contributed by atoms with van der Waals surface area (Å²) in [5.41, 5.74) is 0.985. The Morgan fingerprint density at radius 1 is 1.03 bits per heavy atom. The third-order valence-electron chi connectivity index (χ3n) is 4.86. The number of anilines is 3. The third-order valence-corrected chi connectivity index (χ3v) is 7.39. The number of rotatable bonds is 9. The van der Waals surface area contributed by atoms with Crippen molar-refractivity contribution in [1.29, 1.82) is 0 Å². The molecule has 0 aliphatic carbocycles. The number of carbonyl (C=O) groups is 1. The summed E-state index contributed by atoms with van der Waals surface area (Å²) in [6, 6.07) is 10.6. The zero-order valence-corrected chi connectivity index (χ0v) is 20.8. The summed E-state index contributed by atoms with van der Waals surface area (Å²) in [7, 11) is -7.86. The maximum Gasteiger partial charge on any atom is 0.264 e. The van der Waals surface area contributed by atoms with E-state index in [4.69, 9.17) is 0 Å². The number of nitrogens with zero attached hydrogens (tertiary/aromatic N) is 3. The summed E-state index contributed by atoms with van der Waals surface area (Å²) >= 11 is 0. The number of sulfonamides is 2. The highest BCUT2D eigenvalue weighted by atomic mass is 32.2. The fraction of sp³-hybridized carbons (Fsp3) is 0.227. The Morgan fingerprint density at radius 2 is 1.66 bits per heavy atom. The molecular weight excluding hydrogens is 497 g/mol. The molecule has 3 rings (SSSR count). The van der Waals surface area contributed by atoms with E-state index in [1.165, 1.54) is 42.6 Å². The summed E-state index contributed by atoms with van der Waals surface area (Å²) < 4.78 is 66.7. The number of hydrogen-bond acceptors (Lipinski definition) is 7. The van der Waals surface area contributed by atoms with E-state index in [2.05, 4.69) is 20.0 Å². The first-order chi connectivity index (χ1) is 16.4. The molecule has 1 atom stereocenters. The smallest absolute Gasteiger partial charge is 0.264 e. The van der Waals surface area contributed by atoms with Crippen LogP contribution in [-0.2, 0) is 24.8 Å². The Bertz CT molecular complexity index is 1410. The number of amides is 1. The minimum Gasteiger partial charge on any atom is -0.324 e. The number of benzene rings is 2. The molecule has 0 spiro atoms. The molecule has 2 N–H and O–H groups in total. The van der Waals surface area contributed by atoms with Gasteiger partial charge in [-0.1, -0.05) is 6.92 Å². The first kappa shape index (κ1) is 26.0. The molecule has 2 aromatic carbocycles. The van der Waals surface area contributed by atoms with Crippen molar-refractivity contribution in [3.8, 4) is 0 Å². The Labute approximate surface area is 203 Å². The summed E-state index contributed by atoms with van der Waals surface area (Å²) in [6.45, 7) is 3.34. The van der Waals surface area contributed by atoms with Crippen molar-refractivity contribution in [3.63, 3.8) is 0 Å². The molecule has 3 aromatic rings. The van der Waals surface area contributed by atoms with Gasteiger partial charge in [-0.25, -0.2) is 35.9 Å². The van der Waals surface area contributed by atoms with E-state index in [1.54, 1.807) is 19.9 Å². The van der Waals surface area contributed by atoms with Crippen LogP contribution >= 0.6 is 0 Å². The minimum atomic E-state index is -3.97. The van der Waals surface area contributed by atoms with Crippen LogP contribution in [0.3, 0.4) is 0 Å². The Balaban J connectivity index is 1.79. The van der Waals surface area contributed by atoms with Gasteiger partial charge in [-0.15, -0.1) is 0 Å². The monoisotopic (exact) mass is 521 g/mol. The van der Waals surface area contributed by atoms with Gasteiger partial charge in [0.15, 0.2) is 0 Å². The summed E-state index contributed by atoms with van der Waals surface area (Å²) in [5.74, 6) is -1.25. The Hall–Kier alpha value is -3.58. The van der Waals surface area contributed by atoms with Crippen LogP contribution < -0.4 is 14.3 Å². The van der Waals surface area contributed by atoms with Crippen LogP contribution in [0.2, 0.25) is 0 Å². The molecule has 0 aliphatic heterocycles. The van der Waals surface area contributed by atoms with Gasteiger partial charge in [0, 0.05) is 17.6 Å². The van der Waals surface area contributed by atoms with E-state index in [1.807, 2.05) is 0 Å². The van der Waals surface area contributed by atoms with Crippen LogP contribution in [0.1, 0.15) is 19.0 Å². The highest BCUT2D eigenvalue weighted by Crippen LogP contribution is 2.24. The van der Waals surface area contributed by atoms with E-state index in [9.17, 15) is 26.0 Å². The first-order valence-corrected chi connectivity index (χ1v) is 13.7. The number of halogens is 1. The van der Waals surface area contributed by atoms with Gasteiger partial charge < -0.3 is 5.32 Å². The fourth-order valence-corrected chi connectivity index (χ4v) is 5.43. The molecule has 0 radical (unpaired) electrons. The van der Waals surface area contributed by atoms with Gasteiger partial charge in [0.2, 0.25) is 21.9 Å². The van der Waals surface area contributed by atoms with Gasteiger partial charge in [0.05, 0.1) is 16.8 Å². The average molecular weight is 522 g/mol. The van der Waals surface area contributed by atoms with Gasteiger partial charge in [-0.3, -0.25) is 9.10 Å². The number of nitrogens with one attached hydrogen (secondary N) is 2. The van der Waals surface area contributed by atoms with Crippen molar-refractivity contribution in [2.45, 2.75) is 31.2 Å². The summed E-state index contributed by atoms with van der Waals surface area (Å²) in [4.78, 5) is 20.8. The van der Waals surface area contributed by atoms with Crippen molar-refractivity contribution in [1.82, 2.24) is 9.97 Å². The van der Waals surface area contributed by atoms with Crippen LogP contribution in [0.5, 0.6) is 0 Å². The highest BCUT2D eigenvalue weighted by Gasteiger charge is 2.31. The molecule has 1 aromatic heterocycles. The van der Waals surface area contributed by atoms with Crippen LogP contribution in [0.25, 0.3) is 0 Å². The molecule has 0 aliphatic rings. The molecule has 10 nitrogen and oxygen atoms in total. The second-order valence-corrected chi connectivity index (χ2v) is 11.1. The molecule has 1 amide bonds. The average Bonchev–Trinajstić information content (AvgIpc) is 2.77. The summed E-state index contributed by atoms with van der Waals surface area (Å²) in [6.07, 6.45) is 2.51. The number of aromatic nitrogens is 2. The fourth-order valence-electron chi connectivity index (χ4n) is 3.27. The van der Waals surface area contributed by atoms with Gasteiger partial charge in [-0.2, -0.15) is 0 Å². The predicted octanol–water partition coefficient (Wildman–Crippen LogP) is 2.91.